The summed E-state index contributed by atoms with van der Waals surface area (Å²) in [5.74, 6) is -0.120. The van der Waals surface area contributed by atoms with Gasteiger partial charge in [-0.3, -0.25) is 9.88 Å². The third-order valence-electron chi connectivity index (χ3n) is 10.7. The lowest BCUT2D eigenvalue weighted by molar-refractivity contribution is 0.0512. The molecule has 1 N–H and O–H groups in total. The molecule has 2 saturated heterocycles. The smallest absolute Gasteiger partial charge is 0.319 e. The van der Waals surface area contributed by atoms with Crippen molar-refractivity contribution in [3.8, 4) is 23.0 Å². The molecule has 2 aliphatic heterocycles. The molecule has 4 aromatic rings. The highest BCUT2D eigenvalue weighted by Gasteiger charge is 2.45. The molecule has 3 aliphatic rings. The minimum atomic E-state index is -0.655. The lowest BCUT2D eigenvalue weighted by Crippen LogP contribution is -2.54. The van der Waals surface area contributed by atoms with Crippen LogP contribution in [0.5, 0.6) is 11.8 Å². The first-order valence-electron chi connectivity index (χ1n) is 17.2. The maximum absolute atomic E-state index is 17.0. The summed E-state index contributed by atoms with van der Waals surface area (Å²) < 4.78 is 57.9. The van der Waals surface area contributed by atoms with Gasteiger partial charge in [0, 0.05) is 32.3 Å². The second kappa shape index (κ2) is 12.7. The van der Waals surface area contributed by atoms with Gasteiger partial charge < -0.3 is 24.4 Å². The molecular formula is C36H44F2N6O3. The largest absolute Gasteiger partial charge is 0.468 e. The van der Waals surface area contributed by atoms with Gasteiger partial charge in [0.1, 0.15) is 35.2 Å². The maximum atomic E-state index is 17.0. The SMILES string of the molecule is [2H][C@@H]1CCC2(COc3nc(NCC4(N(C)C)CCC4)c4cnc(-c5cc(OCOC)cc6ccc(F)c(CC)c56)c(F)c4n3)CCCN12. The highest BCUT2D eigenvalue weighted by atomic mass is 19.1. The Bertz CT molecular complexity index is 1840. The number of hydrogen-bond acceptors (Lipinski definition) is 9. The fourth-order valence-corrected chi connectivity index (χ4v) is 7.70. The van der Waals surface area contributed by atoms with Crippen LogP contribution in [-0.4, -0.2) is 90.0 Å². The molecule has 3 fully saturated rings. The highest BCUT2D eigenvalue weighted by molar-refractivity contribution is 6.01. The molecule has 0 amide bonds. The first kappa shape index (κ1) is 30.7. The Morgan fingerprint density at radius 2 is 1.89 bits per heavy atom. The minimum Gasteiger partial charge on any atom is -0.468 e. The van der Waals surface area contributed by atoms with E-state index in [0.717, 1.165) is 51.5 Å². The molecular weight excluding hydrogens is 602 g/mol. The summed E-state index contributed by atoms with van der Waals surface area (Å²) >= 11 is 0. The Hall–Kier alpha value is -3.67. The lowest BCUT2D eigenvalue weighted by Gasteiger charge is -2.47. The van der Waals surface area contributed by atoms with Crippen LogP contribution < -0.4 is 14.8 Å². The van der Waals surface area contributed by atoms with Crippen LogP contribution in [0.4, 0.5) is 14.6 Å². The van der Waals surface area contributed by atoms with Crippen molar-refractivity contribution in [1.82, 2.24) is 24.8 Å². The van der Waals surface area contributed by atoms with Gasteiger partial charge in [0.05, 0.1) is 10.9 Å². The van der Waals surface area contributed by atoms with Crippen molar-refractivity contribution in [3.63, 3.8) is 0 Å². The summed E-state index contributed by atoms with van der Waals surface area (Å²) in [6.07, 6.45) is 8.87. The van der Waals surface area contributed by atoms with Crippen molar-refractivity contribution in [2.75, 3.05) is 59.5 Å². The summed E-state index contributed by atoms with van der Waals surface area (Å²) in [4.78, 5) is 18.5. The van der Waals surface area contributed by atoms with Crippen molar-refractivity contribution < 1.29 is 24.4 Å². The van der Waals surface area contributed by atoms with E-state index in [-0.39, 0.29) is 47.4 Å². The third-order valence-corrected chi connectivity index (χ3v) is 10.7. The molecule has 0 bridgehead atoms. The number of methoxy groups -OCH3 is 1. The highest BCUT2D eigenvalue weighted by Crippen LogP contribution is 2.42. The molecule has 250 valence electrons. The van der Waals surface area contributed by atoms with Crippen molar-refractivity contribution in [2.45, 2.75) is 69.4 Å². The Labute approximate surface area is 276 Å². The predicted molar refractivity (Wildman–Crippen MR) is 179 cm³/mol. The van der Waals surface area contributed by atoms with E-state index in [9.17, 15) is 0 Å². The Morgan fingerprint density at radius 3 is 2.64 bits per heavy atom. The predicted octanol–water partition coefficient (Wildman–Crippen LogP) is 6.57. The van der Waals surface area contributed by atoms with Gasteiger partial charge >= 0.3 is 6.01 Å². The monoisotopic (exact) mass is 647 g/mol. The molecule has 1 aliphatic carbocycles. The van der Waals surface area contributed by atoms with E-state index < -0.39 is 5.82 Å². The van der Waals surface area contributed by atoms with Crippen LogP contribution in [0.25, 0.3) is 32.9 Å². The second-order valence-electron chi connectivity index (χ2n) is 13.4. The molecule has 2 aromatic carbocycles. The fraction of sp³-hybridized carbons (Fsp3) is 0.528. The van der Waals surface area contributed by atoms with Crippen molar-refractivity contribution in [2.24, 2.45) is 0 Å². The summed E-state index contributed by atoms with van der Waals surface area (Å²) in [6.45, 7) is 3.46. The number of benzene rings is 2. The summed E-state index contributed by atoms with van der Waals surface area (Å²) in [5, 5.41) is 5.21. The van der Waals surface area contributed by atoms with E-state index in [1.165, 1.54) is 13.2 Å². The summed E-state index contributed by atoms with van der Waals surface area (Å²) in [6, 6.07) is 6.63. The molecule has 0 radical (unpaired) electrons. The molecule has 7 rings (SSSR count). The first-order valence-corrected chi connectivity index (χ1v) is 16.7. The first-order chi connectivity index (χ1) is 23.2. The van der Waals surface area contributed by atoms with Gasteiger partial charge in [-0.2, -0.15) is 9.97 Å². The van der Waals surface area contributed by atoms with Gasteiger partial charge in [-0.05, 0) is 113 Å². The van der Waals surface area contributed by atoms with Gasteiger partial charge in [-0.1, -0.05) is 13.0 Å². The third kappa shape index (κ3) is 5.66. The molecule has 1 saturated carbocycles. The van der Waals surface area contributed by atoms with E-state index in [0.29, 0.717) is 58.4 Å². The lowest BCUT2D eigenvalue weighted by atomic mass is 9.75. The molecule has 11 heteroatoms. The number of nitrogens with zero attached hydrogens (tertiary/aromatic N) is 5. The average molecular weight is 648 g/mol. The Morgan fingerprint density at radius 1 is 1.06 bits per heavy atom. The zero-order valence-corrected chi connectivity index (χ0v) is 27.7. The van der Waals surface area contributed by atoms with Gasteiger partial charge in [0.15, 0.2) is 12.6 Å². The van der Waals surface area contributed by atoms with Crippen LogP contribution in [0.3, 0.4) is 0 Å². The molecule has 2 aromatic heterocycles. The maximum Gasteiger partial charge on any atom is 0.319 e. The average Bonchev–Trinajstić information content (AvgIpc) is 3.62. The number of likely N-dealkylation sites (N-methyl/N-ethyl adjacent to an activating group) is 1. The van der Waals surface area contributed by atoms with E-state index in [1.807, 2.05) is 6.92 Å². The van der Waals surface area contributed by atoms with Gasteiger partial charge in [0.25, 0.3) is 0 Å². The van der Waals surface area contributed by atoms with Crippen LogP contribution in [0.1, 0.15) is 58.8 Å². The molecule has 9 nitrogen and oxygen atoms in total. The van der Waals surface area contributed by atoms with Gasteiger partial charge in [0.2, 0.25) is 0 Å². The molecule has 4 heterocycles. The second-order valence-corrected chi connectivity index (χ2v) is 13.4. The van der Waals surface area contributed by atoms with E-state index in [1.54, 1.807) is 24.4 Å². The van der Waals surface area contributed by atoms with Crippen LogP contribution >= 0.6 is 0 Å². The molecule has 0 spiro atoms. The zero-order valence-electron chi connectivity index (χ0n) is 28.7. The summed E-state index contributed by atoms with van der Waals surface area (Å²) in [5.41, 5.74) is 0.709. The van der Waals surface area contributed by atoms with E-state index in [2.05, 4.69) is 39.2 Å². The molecule has 2 atom stereocenters. The van der Waals surface area contributed by atoms with Crippen LogP contribution in [0, 0.1) is 11.6 Å². The number of nitrogens with one attached hydrogen (secondary N) is 1. The number of rotatable bonds is 12. The van der Waals surface area contributed by atoms with E-state index >= 15 is 8.78 Å². The molecule has 47 heavy (non-hydrogen) atoms. The zero-order chi connectivity index (χ0) is 33.6. The van der Waals surface area contributed by atoms with Crippen molar-refractivity contribution >= 4 is 27.5 Å². The molecule has 1 unspecified atom stereocenters. The Balaban J connectivity index is 1.35. The minimum absolute atomic E-state index is 0.00230. The fourth-order valence-electron chi connectivity index (χ4n) is 7.70. The van der Waals surface area contributed by atoms with Gasteiger partial charge in [-0.25, -0.2) is 8.78 Å². The Kier molecular flexibility index (Phi) is 8.31. The number of hydrogen-bond donors (Lipinski definition) is 1. The number of pyridine rings is 1. The number of fused-ring (bicyclic) bond motifs is 3. The normalized spacial score (nSPS) is 22.4. The summed E-state index contributed by atoms with van der Waals surface area (Å²) in [7, 11) is 5.68. The topological polar surface area (TPSA) is 84.9 Å². The van der Waals surface area contributed by atoms with Crippen molar-refractivity contribution in [1.29, 1.82) is 0 Å². The quantitative estimate of drug-likeness (QED) is 0.172. The number of aromatic nitrogens is 3. The van der Waals surface area contributed by atoms with Crippen LogP contribution in [0.2, 0.25) is 0 Å². The number of halogens is 2. The number of ether oxygens (including phenoxy) is 3. The van der Waals surface area contributed by atoms with E-state index in [4.69, 9.17) is 20.6 Å². The number of aryl methyl sites for hydroxylation is 1. The van der Waals surface area contributed by atoms with Gasteiger partial charge in [-0.15, -0.1) is 0 Å². The van der Waals surface area contributed by atoms with Crippen LogP contribution in [0.15, 0.2) is 30.5 Å². The standard InChI is InChI=1S/C36H44F2N6O3/c1-5-25-28(37)10-9-23-17-24(47-22-45-4)18-26(29(23)25)31-30(38)32-27(19-39-31)33(40-20-35(43(2)3)11-6-12-35)42-34(41-32)46-21-36-13-7-15-44(36)16-8-14-36/h9-10,17-19H,5-8,11-16,20-22H2,1-4H3,(H,40,41,42)/i15D/t15-,36?/m1/s1. The number of anilines is 1. The van der Waals surface area contributed by atoms with Crippen LogP contribution in [-0.2, 0) is 11.2 Å². The van der Waals surface area contributed by atoms with Crippen molar-refractivity contribution in [3.05, 3.63) is 47.7 Å².